The topological polar surface area (TPSA) is 68.0 Å². The summed E-state index contributed by atoms with van der Waals surface area (Å²) in [6.45, 7) is 4.10. The van der Waals surface area contributed by atoms with Crippen molar-refractivity contribution >= 4 is 23.2 Å². The molecule has 1 amide bonds. The van der Waals surface area contributed by atoms with E-state index in [0.29, 0.717) is 11.6 Å². The highest BCUT2D eigenvalue weighted by molar-refractivity contribution is 6.29. The molecule has 0 aliphatic rings. The Hall–Kier alpha value is -2.66. The molecule has 0 atom stereocenters. The first-order valence-corrected chi connectivity index (χ1v) is 7.91. The van der Waals surface area contributed by atoms with Crippen molar-refractivity contribution in [3.8, 4) is 11.5 Å². The van der Waals surface area contributed by atoms with Gasteiger partial charge in [-0.3, -0.25) is 4.79 Å². The van der Waals surface area contributed by atoms with Crippen LogP contribution in [0.4, 0.5) is 5.69 Å². The van der Waals surface area contributed by atoms with Gasteiger partial charge in [-0.05, 0) is 36.4 Å². The Morgan fingerprint density at radius 2 is 1.92 bits per heavy atom. The number of hydrogen-bond acceptors (Lipinski definition) is 4. The fourth-order valence-corrected chi connectivity index (χ4v) is 2.28. The van der Waals surface area contributed by atoms with E-state index in [9.17, 15) is 4.79 Å². The number of carbonyl (C=O) groups is 1. The van der Waals surface area contributed by atoms with Crippen LogP contribution in [0.1, 0.15) is 36.0 Å². The SMILES string of the molecule is CC(C)c1cnc(-c2ccc(NC(=O)c3cccc(Cl)n3)cc2)o1. The van der Waals surface area contributed by atoms with Crippen molar-refractivity contribution in [1.82, 2.24) is 9.97 Å². The Kier molecular flexibility index (Phi) is 4.62. The molecule has 0 radical (unpaired) electrons. The maximum atomic E-state index is 12.1. The van der Waals surface area contributed by atoms with Crippen LogP contribution in [0.15, 0.2) is 53.1 Å². The number of aromatic nitrogens is 2. The van der Waals surface area contributed by atoms with Crippen molar-refractivity contribution in [2.45, 2.75) is 19.8 Å². The molecule has 3 aromatic rings. The van der Waals surface area contributed by atoms with Crippen LogP contribution in [0.3, 0.4) is 0 Å². The van der Waals surface area contributed by atoms with Crippen molar-refractivity contribution < 1.29 is 9.21 Å². The first-order chi connectivity index (χ1) is 11.5. The lowest BCUT2D eigenvalue weighted by atomic mass is 10.2. The van der Waals surface area contributed by atoms with E-state index in [2.05, 4.69) is 15.3 Å². The van der Waals surface area contributed by atoms with Crippen LogP contribution >= 0.6 is 11.6 Å². The first kappa shape index (κ1) is 16.2. The highest BCUT2D eigenvalue weighted by Gasteiger charge is 2.11. The number of pyridine rings is 1. The maximum Gasteiger partial charge on any atom is 0.274 e. The van der Waals surface area contributed by atoms with Gasteiger partial charge in [-0.15, -0.1) is 0 Å². The molecule has 5 nitrogen and oxygen atoms in total. The minimum Gasteiger partial charge on any atom is -0.441 e. The Morgan fingerprint density at radius 3 is 2.54 bits per heavy atom. The van der Waals surface area contributed by atoms with Crippen molar-refractivity contribution in [1.29, 1.82) is 0 Å². The largest absolute Gasteiger partial charge is 0.441 e. The second-order valence-electron chi connectivity index (χ2n) is 5.60. The van der Waals surface area contributed by atoms with Crippen LogP contribution in [-0.4, -0.2) is 15.9 Å². The quantitative estimate of drug-likeness (QED) is 0.694. The van der Waals surface area contributed by atoms with Crippen molar-refractivity contribution in [2.24, 2.45) is 0 Å². The summed E-state index contributed by atoms with van der Waals surface area (Å²) >= 11 is 5.80. The lowest BCUT2D eigenvalue weighted by Crippen LogP contribution is -2.13. The van der Waals surface area contributed by atoms with E-state index in [1.54, 1.807) is 36.5 Å². The maximum absolute atomic E-state index is 12.1. The Balaban J connectivity index is 1.73. The second kappa shape index (κ2) is 6.84. The molecule has 0 fully saturated rings. The Morgan fingerprint density at radius 1 is 1.17 bits per heavy atom. The molecule has 0 saturated carbocycles. The number of hydrogen-bond donors (Lipinski definition) is 1. The lowest BCUT2D eigenvalue weighted by Gasteiger charge is -2.05. The molecule has 2 aromatic heterocycles. The molecular formula is C18H16ClN3O2. The third-order valence-corrected chi connectivity index (χ3v) is 3.64. The van der Waals surface area contributed by atoms with E-state index in [1.807, 2.05) is 26.0 Å². The summed E-state index contributed by atoms with van der Waals surface area (Å²) in [5.74, 6) is 1.38. The molecule has 24 heavy (non-hydrogen) atoms. The number of nitrogens with one attached hydrogen (secondary N) is 1. The van der Waals surface area contributed by atoms with Gasteiger partial charge in [0.05, 0.1) is 6.20 Å². The summed E-state index contributed by atoms with van der Waals surface area (Å²) in [6, 6.07) is 12.2. The normalized spacial score (nSPS) is 10.8. The molecule has 0 spiro atoms. The van der Waals surface area contributed by atoms with E-state index in [1.165, 1.54) is 0 Å². The summed E-state index contributed by atoms with van der Waals surface area (Å²) in [6.07, 6.45) is 1.74. The van der Waals surface area contributed by atoms with Gasteiger partial charge < -0.3 is 9.73 Å². The molecule has 122 valence electrons. The summed E-state index contributed by atoms with van der Waals surface area (Å²) in [4.78, 5) is 20.4. The van der Waals surface area contributed by atoms with Crippen molar-refractivity contribution in [3.05, 3.63) is 65.3 Å². The van der Waals surface area contributed by atoms with Gasteiger partial charge in [-0.1, -0.05) is 31.5 Å². The zero-order chi connectivity index (χ0) is 17.1. The van der Waals surface area contributed by atoms with E-state index in [-0.39, 0.29) is 22.7 Å². The van der Waals surface area contributed by atoms with E-state index >= 15 is 0 Å². The molecule has 0 bridgehead atoms. The fraction of sp³-hybridized carbons (Fsp3) is 0.167. The number of carbonyl (C=O) groups excluding carboxylic acids is 1. The number of anilines is 1. The molecule has 3 rings (SSSR count). The summed E-state index contributed by atoms with van der Waals surface area (Å²) in [5.41, 5.74) is 1.77. The highest BCUT2D eigenvalue weighted by Crippen LogP contribution is 2.24. The summed E-state index contributed by atoms with van der Waals surface area (Å²) < 4.78 is 5.71. The zero-order valence-electron chi connectivity index (χ0n) is 13.3. The zero-order valence-corrected chi connectivity index (χ0v) is 14.0. The predicted molar refractivity (Wildman–Crippen MR) is 93.2 cm³/mol. The number of oxazole rings is 1. The molecule has 0 saturated heterocycles. The van der Waals surface area contributed by atoms with E-state index in [4.69, 9.17) is 16.0 Å². The van der Waals surface area contributed by atoms with Gasteiger partial charge in [-0.2, -0.15) is 0 Å². The molecule has 1 N–H and O–H groups in total. The fourth-order valence-electron chi connectivity index (χ4n) is 2.11. The van der Waals surface area contributed by atoms with Gasteiger partial charge in [0.2, 0.25) is 5.89 Å². The molecular weight excluding hydrogens is 326 g/mol. The number of benzene rings is 1. The van der Waals surface area contributed by atoms with Crippen LogP contribution in [-0.2, 0) is 0 Å². The average molecular weight is 342 g/mol. The lowest BCUT2D eigenvalue weighted by molar-refractivity contribution is 0.102. The van der Waals surface area contributed by atoms with Gasteiger partial charge in [0.15, 0.2) is 0 Å². The molecule has 0 unspecified atom stereocenters. The summed E-state index contributed by atoms with van der Waals surface area (Å²) in [5, 5.41) is 3.06. The minimum absolute atomic E-state index is 0.265. The van der Waals surface area contributed by atoms with Crippen LogP contribution in [0.2, 0.25) is 5.15 Å². The van der Waals surface area contributed by atoms with Crippen LogP contribution in [0, 0.1) is 0 Å². The predicted octanol–water partition coefficient (Wildman–Crippen LogP) is 4.77. The van der Waals surface area contributed by atoms with E-state index in [0.717, 1.165) is 11.3 Å². The number of amides is 1. The van der Waals surface area contributed by atoms with Gasteiger partial charge in [0.1, 0.15) is 16.6 Å². The molecule has 0 aliphatic carbocycles. The van der Waals surface area contributed by atoms with Crippen LogP contribution in [0.5, 0.6) is 0 Å². The standard InChI is InChI=1S/C18H16ClN3O2/c1-11(2)15-10-20-18(24-15)12-6-8-13(9-7-12)21-17(23)14-4-3-5-16(19)22-14/h3-11H,1-2H3,(H,21,23). The van der Waals surface area contributed by atoms with Crippen molar-refractivity contribution in [2.75, 3.05) is 5.32 Å². The average Bonchev–Trinajstić information content (AvgIpc) is 3.06. The van der Waals surface area contributed by atoms with Crippen LogP contribution < -0.4 is 5.32 Å². The van der Waals surface area contributed by atoms with Gasteiger partial charge in [-0.25, -0.2) is 9.97 Å². The minimum atomic E-state index is -0.316. The highest BCUT2D eigenvalue weighted by atomic mass is 35.5. The van der Waals surface area contributed by atoms with E-state index < -0.39 is 0 Å². The second-order valence-corrected chi connectivity index (χ2v) is 5.99. The van der Waals surface area contributed by atoms with Crippen LogP contribution in [0.25, 0.3) is 11.5 Å². The van der Waals surface area contributed by atoms with Gasteiger partial charge in [0.25, 0.3) is 5.91 Å². The molecule has 6 heteroatoms. The number of halogens is 1. The number of rotatable bonds is 4. The van der Waals surface area contributed by atoms with Gasteiger partial charge >= 0.3 is 0 Å². The Bertz CT molecular complexity index is 857. The first-order valence-electron chi connectivity index (χ1n) is 7.53. The third-order valence-electron chi connectivity index (χ3n) is 3.43. The van der Waals surface area contributed by atoms with Crippen molar-refractivity contribution in [3.63, 3.8) is 0 Å². The van der Waals surface area contributed by atoms with Gasteiger partial charge in [0, 0.05) is 17.2 Å². The number of nitrogens with zero attached hydrogens (tertiary/aromatic N) is 2. The molecule has 0 aliphatic heterocycles. The Labute approximate surface area is 144 Å². The summed E-state index contributed by atoms with van der Waals surface area (Å²) in [7, 11) is 0. The molecule has 2 heterocycles. The smallest absolute Gasteiger partial charge is 0.274 e. The monoisotopic (exact) mass is 341 g/mol. The molecule has 1 aromatic carbocycles. The third kappa shape index (κ3) is 3.63.